The highest BCUT2D eigenvalue weighted by atomic mass is 79.9. The number of hydrogen-bond donors (Lipinski definition) is 1. The van der Waals surface area contributed by atoms with Gasteiger partial charge in [0.1, 0.15) is 0 Å². The monoisotopic (exact) mass is 519 g/mol. The zero-order valence-electron chi connectivity index (χ0n) is 18.2. The maximum absolute atomic E-state index is 12.5. The molecule has 0 spiro atoms. The molecule has 33 heavy (non-hydrogen) atoms. The molecule has 0 aliphatic carbocycles. The fourth-order valence-electron chi connectivity index (χ4n) is 3.15. The van der Waals surface area contributed by atoms with E-state index in [0.717, 1.165) is 32.8 Å². The molecule has 0 unspecified atom stereocenters. The molecule has 0 saturated heterocycles. The normalized spacial score (nSPS) is 11.4. The number of aromatic nitrogens is 3. The minimum Gasteiger partial charge on any atom is -0.272 e. The Morgan fingerprint density at radius 2 is 1.79 bits per heavy atom. The van der Waals surface area contributed by atoms with Gasteiger partial charge in [-0.25, -0.2) is 5.43 Å². The van der Waals surface area contributed by atoms with Gasteiger partial charge in [-0.05, 0) is 43.7 Å². The number of thioether (sulfide) groups is 1. The Hall–Kier alpha value is -3.23. The smallest absolute Gasteiger partial charge is 0.250 e. The molecule has 3 aromatic carbocycles. The average Bonchev–Trinajstić information content (AvgIpc) is 3.26. The van der Waals surface area contributed by atoms with E-state index < -0.39 is 0 Å². The molecule has 1 aromatic heterocycles. The molecule has 0 atom stereocenters. The Bertz CT molecular complexity index is 1290. The minimum absolute atomic E-state index is 0.161. The zero-order valence-corrected chi connectivity index (χ0v) is 20.6. The predicted octanol–water partition coefficient (Wildman–Crippen LogP) is 5.64. The summed E-state index contributed by atoms with van der Waals surface area (Å²) in [7, 11) is 0. The summed E-state index contributed by atoms with van der Waals surface area (Å²) in [4.78, 5) is 12.5. The molecule has 1 N–H and O–H groups in total. The lowest BCUT2D eigenvalue weighted by molar-refractivity contribution is -0.118. The van der Waals surface area contributed by atoms with Crippen LogP contribution in [0.25, 0.3) is 17.1 Å². The Kier molecular flexibility index (Phi) is 7.36. The van der Waals surface area contributed by atoms with Gasteiger partial charge in [-0.1, -0.05) is 87.9 Å². The minimum atomic E-state index is -0.214. The van der Waals surface area contributed by atoms with E-state index in [1.807, 2.05) is 97.3 Å². The summed E-state index contributed by atoms with van der Waals surface area (Å²) >= 11 is 4.77. The van der Waals surface area contributed by atoms with Crippen LogP contribution < -0.4 is 5.43 Å². The van der Waals surface area contributed by atoms with Crippen molar-refractivity contribution in [3.8, 4) is 17.1 Å². The second-order valence-electron chi connectivity index (χ2n) is 7.37. The van der Waals surface area contributed by atoms with Gasteiger partial charge in [0.2, 0.25) is 0 Å². The van der Waals surface area contributed by atoms with Crippen molar-refractivity contribution >= 4 is 39.3 Å². The van der Waals surface area contributed by atoms with Crippen LogP contribution in [-0.2, 0) is 4.79 Å². The Balaban J connectivity index is 1.52. The van der Waals surface area contributed by atoms with Crippen LogP contribution in [0.5, 0.6) is 0 Å². The summed E-state index contributed by atoms with van der Waals surface area (Å²) in [5, 5.41) is 13.7. The molecule has 166 valence electrons. The third kappa shape index (κ3) is 5.77. The summed E-state index contributed by atoms with van der Waals surface area (Å²) in [6, 6.07) is 25.8. The second-order valence-corrected chi connectivity index (χ2v) is 9.23. The molecule has 1 heterocycles. The third-order valence-corrected chi connectivity index (χ3v) is 6.30. The van der Waals surface area contributed by atoms with E-state index >= 15 is 0 Å². The van der Waals surface area contributed by atoms with Crippen molar-refractivity contribution in [3.05, 3.63) is 94.5 Å². The van der Waals surface area contributed by atoms with Crippen LogP contribution >= 0.6 is 27.7 Å². The highest BCUT2D eigenvalue weighted by molar-refractivity contribution is 9.10. The molecule has 8 heteroatoms. The van der Waals surface area contributed by atoms with Gasteiger partial charge < -0.3 is 0 Å². The number of halogens is 1. The molecule has 0 aliphatic rings. The first-order valence-electron chi connectivity index (χ1n) is 10.3. The molecule has 0 radical (unpaired) electrons. The zero-order chi connectivity index (χ0) is 23.2. The second kappa shape index (κ2) is 10.6. The topological polar surface area (TPSA) is 72.2 Å². The largest absolute Gasteiger partial charge is 0.272 e. The summed E-state index contributed by atoms with van der Waals surface area (Å²) in [5.41, 5.74) is 7.35. The number of nitrogens with one attached hydrogen (secondary N) is 1. The lowest BCUT2D eigenvalue weighted by Gasteiger charge is -2.10. The van der Waals surface area contributed by atoms with Crippen molar-refractivity contribution in [2.75, 3.05) is 5.75 Å². The van der Waals surface area contributed by atoms with Gasteiger partial charge in [-0.3, -0.25) is 9.36 Å². The van der Waals surface area contributed by atoms with Gasteiger partial charge in [0.25, 0.3) is 5.91 Å². The van der Waals surface area contributed by atoms with Gasteiger partial charge in [-0.2, -0.15) is 5.10 Å². The number of rotatable bonds is 7. The van der Waals surface area contributed by atoms with Crippen molar-refractivity contribution < 1.29 is 4.79 Å². The van der Waals surface area contributed by atoms with Gasteiger partial charge in [0, 0.05) is 15.7 Å². The molecule has 0 saturated carbocycles. The third-order valence-electron chi connectivity index (χ3n) is 4.88. The molecule has 1 amide bonds. The number of aryl methyl sites for hydroxylation is 1. The van der Waals surface area contributed by atoms with Crippen LogP contribution in [0.3, 0.4) is 0 Å². The van der Waals surface area contributed by atoms with E-state index in [2.05, 4.69) is 36.7 Å². The standard InChI is InChI=1S/C25H22BrN5OS/c1-17-11-13-22(14-12-17)31-24(19-7-4-3-5-8-19)29-30-25(31)33-16-23(32)28-27-18(2)20-9-6-10-21(26)15-20/h3-15H,16H2,1-2H3,(H,28,32)/b27-18-. The molecular weight excluding hydrogens is 498 g/mol. The Labute approximate surface area is 205 Å². The molecule has 0 bridgehead atoms. The maximum atomic E-state index is 12.5. The lowest BCUT2D eigenvalue weighted by Crippen LogP contribution is -2.21. The van der Waals surface area contributed by atoms with Crippen molar-refractivity contribution in [1.82, 2.24) is 20.2 Å². The first kappa shape index (κ1) is 22.9. The van der Waals surface area contributed by atoms with Gasteiger partial charge in [0.05, 0.1) is 11.5 Å². The van der Waals surface area contributed by atoms with Gasteiger partial charge >= 0.3 is 0 Å². The molecular formula is C25H22BrN5OS. The van der Waals surface area contributed by atoms with Crippen molar-refractivity contribution in [3.63, 3.8) is 0 Å². The van der Waals surface area contributed by atoms with E-state index in [0.29, 0.717) is 5.16 Å². The van der Waals surface area contributed by atoms with Crippen molar-refractivity contribution in [2.45, 2.75) is 19.0 Å². The SMILES string of the molecule is C/C(=N/NC(=O)CSc1nnc(-c2ccccc2)n1-c1ccc(C)cc1)c1cccc(Br)c1. The maximum Gasteiger partial charge on any atom is 0.250 e. The van der Waals surface area contributed by atoms with Crippen LogP contribution in [0.4, 0.5) is 0 Å². The summed E-state index contributed by atoms with van der Waals surface area (Å²) < 4.78 is 2.93. The van der Waals surface area contributed by atoms with E-state index in [1.165, 1.54) is 17.3 Å². The highest BCUT2D eigenvalue weighted by Crippen LogP contribution is 2.28. The molecule has 4 aromatic rings. The first-order valence-corrected chi connectivity index (χ1v) is 12.1. The number of hydrogen-bond acceptors (Lipinski definition) is 5. The van der Waals surface area contributed by atoms with Crippen LogP contribution in [0.15, 0.2) is 93.6 Å². The van der Waals surface area contributed by atoms with Crippen LogP contribution in [-0.4, -0.2) is 32.1 Å². The molecule has 0 aliphatic heterocycles. The number of carbonyl (C=O) groups excluding carboxylic acids is 1. The highest BCUT2D eigenvalue weighted by Gasteiger charge is 2.17. The van der Waals surface area contributed by atoms with Gasteiger partial charge in [-0.15, -0.1) is 10.2 Å². The number of carbonyl (C=O) groups is 1. The predicted molar refractivity (Wildman–Crippen MR) is 137 cm³/mol. The number of amides is 1. The number of nitrogens with zero attached hydrogens (tertiary/aromatic N) is 4. The lowest BCUT2D eigenvalue weighted by atomic mass is 10.1. The Morgan fingerprint density at radius 1 is 1.03 bits per heavy atom. The van der Waals surface area contributed by atoms with Crippen LogP contribution in [0.2, 0.25) is 0 Å². The quantitative estimate of drug-likeness (QED) is 0.195. The molecule has 0 fully saturated rings. The Morgan fingerprint density at radius 3 is 2.52 bits per heavy atom. The summed E-state index contributed by atoms with van der Waals surface area (Å²) in [5.74, 6) is 0.675. The van der Waals surface area contributed by atoms with Crippen LogP contribution in [0.1, 0.15) is 18.1 Å². The summed E-state index contributed by atoms with van der Waals surface area (Å²) in [6.45, 7) is 3.90. The van der Waals surface area contributed by atoms with Gasteiger partial charge in [0.15, 0.2) is 11.0 Å². The first-order chi connectivity index (χ1) is 16.0. The van der Waals surface area contributed by atoms with E-state index in [4.69, 9.17) is 0 Å². The average molecular weight is 520 g/mol. The van der Waals surface area contributed by atoms with E-state index in [1.54, 1.807) is 0 Å². The van der Waals surface area contributed by atoms with Crippen LogP contribution in [0, 0.1) is 6.92 Å². The fraction of sp³-hybridized carbons (Fsp3) is 0.120. The van der Waals surface area contributed by atoms with Crippen molar-refractivity contribution in [2.24, 2.45) is 5.10 Å². The number of hydrazone groups is 1. The van der Waals surface area contributed by atoms with E-state index in [-0.39, 0.29) is 11.7 Å². The summed E-state index contributed by atoms with van der Waals surface area (Å²) in [6.07, 6.45) is 0. The van der Waals surface area contributed by atoms with Crippen molar-refractivity contribution in [1.29, 1.82) is 0 Å². The fourth-order valence-corrected chi connectivity index (χ4v) is 4.29. The number of benzene rings is 3. The molecule has 4 rings (SSSR count). The van der Waals surface area contributed by atoms with E-state index in [9.17, 15) is 4.79 Å². The molecule has 6 nitrogen and oxygen atoms in total.